The second-order valence-corrected chi connectivity index (χ2v) is 5.17. The van der Waals surface area contributed by atoms with E-state index in [0.717, 1.165) is 24.8 Å². The molecule has 0 aromatic heterocycles. The van der Waals surface area contributed by atoms with E-state index >= 15 is 0 Å². The summed E-state index contributed by atoms with van der Waals surface area (Å²) < 4.78 is 0. The summed E-state index contributed by atoms with van der Waals surface area (Å²) in [6, 6.07) is 10.4. The van der Waals surface area contributed by atoms with Crippen LogP contribution in [-0.2, 0) is 6.42 Å². The van der Waals surface area contributed by atoms with Crippen LogP contribution in [0, 0.1) is 0 Å². The fourth-order valence-electron chi connectivity index (χ4n) is 2.41. The van der Waals surface area contributed by atoms with Gasteiger partial charge in [-0.1, -0.05) is 38.0 Å². The number of aldehydes is 1. The van der Waals surface area contributed by atoms with E-state index in [1.165, 1.54) is 6.42 Å². The van der Waals surface area contributed by atoms with Gasteiger partial charge >= 0.3 is 0 Å². The number of hydrogen-bond acceptors (Lipinski definition) is 3. The molecule has 0 atom stereocenters. The molecule has 0 saturated carbocycles. The quantitative estimate of drug-likeness (QED) is 0.614. The van der Waals surface area contributed by atoms with Crippen molar-refractivity contribution >= 4 is 6.29 Å². The lowest BCUT2D eigenvalue weighted by Crippen LogP contribution is -1.90. The first-order valence-corrected chi connectivity index (χ1v) is 7.26. The average molecular weight is 284 g/mol. The molecular weight excluding hydrogens is 264 g/mol. The van der Waals surface area contributed by atoms with E-state index in [9.17, 15) is 15.0 Å². The molecule has 0 bridgehead atoms. The number of benzene rings is 2. The maximum atomic E-state index is 10.9. The van der Waals surface area contributed by atoms with Crippen LogP contribution in [0.3, 0.4) is 0 Å². The van der Waals surface area contributed by atoms with Crippen LogP contribution in [0.1, 0.15) is 42.1 Å². The lowest BCUT2D eigenvalue weighted by Gasteiger charge is -2.11. The molecule has 0 spiro atoms. The highest BCUT2D eigenvalue weighted by atomic mass is 16.3. The number of phenolic OH excluding ortho intramolecular Hbond substituents is 2. The number of carbonyl (C=O) groups is 1. The maximum absolute atomic E-state index is 10.9. The smallest absolute Gasteiger partial charge is 0.153 e. The van der Waals surface area contributed by atoms with E-state index in [1.54, 1.807) is 24.3 Å². The highest BCUT2D eigenvalue weighted by Crippen LogP contribution is 2.37. The number of carbonyl (C=O) groups excluding carboxylic acids is 1. The molecule has 2 N–H and O–H groups in total. The predicted octanol–water partition coefficient (Wildman–Crippen LogP) is 4.31. The summed E-state index contributed by atoms with van der Waals surface area (Å²) in [4.78, 5) is 10.9. The monoisotopic (exact) mass is 284 g/mol. The largest absolute Gasteiger partial charge is 0.507 e. The molecule has 0 radical (unpaired) electrons. The van der Waals surface area contributed by atoms with Gasteiger partial charge in [0, 0.05) is 11.1 Å². The molecule has 0 heterocycles. The molecule has 0 amide bonds. The normalized spacial score (nSPS) is 10.5. The van der Waals surface area contributed by atoms with Gasteiger partial charge in [0.2, 0.25) is 0 Å². The molecule has 0 aliphatic rings. The van der Waals surface area contributed by atoms with Crippen molar-refractivity contribution in [1.29, 1.82) is 0 Å². The molecule has 3 nitrogen and oxygen atoms in total. The molecule has 0 fully saturated rings. The van der Waals surface area contributed by atoms with Crippen LogP contribution in [0.15, 0.2) is 36.4 Å². The van der Waals surface area contributed by atoms with Crippen molar-refractivity contribution in [3.8, 4) is 22.6 Å². The Labute approximate surface area is 124 Å². The minimum atomic E-state index is -0.0893. The Balaban J connectivity index is 2.39. The minimum Gasteiger partial charge on any atom is -0.507 e. The first kappa shape index (κ1) is 15.1. The van der Waals surface area contributed by atoms with Gasteiger partial charge in [0.15, 0.2) is 6.29 Å². The van der Waals surface area contributed by atoms with E-state index in [2.05, 4.69) is 6.92 Å². The SMILES string of the molecule is CCCCCc1ccc(O)c(-c2cccc(C=O)c2O)c1. The Bertz CT molecular complexity index is 632. The zero-order chi connectivity index (χ0) is 15.2. The molecule has 21 heavy (non-hydrogen) atoms. The second-order valence-electron chi connectivity index (χ2n) is 5.17. The van der Waals surface area contributed by atoms with Crippen LogP contribution in [0.25, 0.3) is 11.1 Å². The van der Waals surface area contributed by atoms with Crippen LogP contribution in [-0.4, -0.2) is 16.5 Å². The van der Waals surface area contributed by atoms with Gasteiger partial charge in [-0.15, -0.1) is 0 Å². The average Bonchev–Trinajstić information content (AvgIpc) is 2.50. The topological polar surface area (TPSA) is 57.5 Å². The van der Waals surface area contributed by atoms with E-state index in [1.807, 2.05) is 12.1 Å². The Morgan fingerprint density at radius 2 is 1.86 bits per heavy atom. The molecule has 0 aliphatic carbocycles. The minimum absolute atomic E-state index is 0.0893. The van der Waals surface area contributed by atoms with E-state index in [4.69, 9.17) is 0 Å². The Hall–Kier alpha value is -2.29. The Morgan fingerprint density at radius 3 is 2.57 bits per heavy atom. The summed E-state index contributed by atoms with van der Waals surface area (Å²) in [5.41, 5.74) is 2.38. The van der Waals surface area contributed by atoms with Crippen molar-refractivity contribution in [1.82, 2.24) is 0 Å². The highest BCUT2D eigenvalue weighted by Gasteiger charge is 2.12. The molecule has 3 heteroatoms. The van der Waals surface area contributed by atoms with Gasteiger partial charge in [0.05, 0.1) is 5.56 Å². The molecule has 2 aromatic carbocycles. The van der Waals surface area contributed by atoms with Gasteiger partial charge in [-0.25, -0.2) is 0 Å². The van der Waals surface area contributed by atoms with Crippen molar-refractivity contribution in [2.24, 2.45) is 0 Å². The molecule has 110 valence electrons. The fraction of sp³-hybridized carbons (Fsp3) is 0.278. The predicted molar refractivity (Wildman–Crippen MR) is 83.8 cm³/mol. The number of phenols is 2. The molecule has 2 rings (SSSR count). The van der Waals surface area contributed by atoms with Gasteiger partial charge in [0.25, 0.3) is 0 Å². The van der Waals surface area contributed by atoms with Crippen LogP contribution >= 0.6 is 0 Å². The molecule has 0 aliphatic heterocycles. The summed E-state index contributed by atoms with van der Waals surface area (Å²) in [7, 11) is 0. The standard InChI is InChI=1S/C18H20O3/c1-2-3-4-6-13-9-10-17(20)16(11-13)15-8-5-7-14(12-19)18(15)21/h5,7-12,20-21H,2-4,6H2,1H3. The first-order chi connectivity index (χ1) is 10.2. The molecule has 0 unspecified atom stereocenters. The van der Waals surface area contributed by atoms with Crippen molar-refractivity contribution in [2.45, 2.75) is 32.6 Å². The van der Waals surface area contributed by atoms with Crippen LogP contribution in [0.4, 0.5) is 0 Å². The number of rotatable bonds is 6. The summed E-state index contributed by atoms with van der Waals surface area (Å²) >= 11 is 0. The summed E-state index contributed by atoms with van der Waals surface area (Å²) in [5.74, 6) is 0.0149. The van der Waals surface area contributed by atoms with Crippen molar-refractivity contribution in [2.75, 3.05) is 0 Å². The van der Waals surface area contributed by atoms with Crippen LogP contribution in [0.2, 0.25) is 0 Å². The van der Waals surface area contributed by atoms with Gasteiger partial charge in [-0.3, -0.25) is 4.79 Å². The maximum Gasteiger partial charge on any atom is 0.153 e. The van der Waals surface area contributed by atoms with Crippen LogP contribution < -0.4 is 0 Å². The second kappa shape index (κ2) is 6.93. The van der Waals surface area contributed by atoms with Crippen molar-refractivity contribution in [3.63, 3.8) is 0 Å². The number of unbranched alkanes of at least 4 members (excludes halogenated alkanes) is 2. The Kier molecular flexibility index (Phi) is 4.99. The van der Waals surface area contributed by atoms with Crippen LogP contribution in [0.5, 0.6) is 11.5 Å². The number of hydrogen-bond donors (Lipinski definition) is 2. The summed E-state index contributed by atoms with van der Waals surface area (Å²) in [6.45, 7) is 2.16. The lowest BCUT2D eigenvalue weighted by atomic mass is 9.97. The van der Waals surface area contributed by atoms with Gasteiger partial charge in [0.1, 0.15) is 11.5 Å². The van der Waals surface area contributed by atoms with E-state index < -0.39 is 0 Å². The first-order valence-electron chi connectivity index (χ1n) is 7.26. The summed E-state index contributed by atoms with van der Waals surface area (Å²) in [6.07, 6.45) is 4.98. The Morgan fingerprint density at radius 1 is 1.05 bits per heavy atom. The molecule has 2 aromatic rings. The number of aryl methyl sites for hydroxylation is 1. The number of para-hydroxylation sites is 1. The molecule has 0 saturated heterocycles. The zero-order valence-corrected chi connectivity index (χ0v) is 12.2. The third-order valence-corrected chi connectivity index (χ3v) is 3.61. The summed E-state index contributed by atoms with van der Waals surface area (Å²) in [5, 5.41) is 20.2. The fourth-order valence-corrected chi connectivity index (χ4v) is 2.41. The van der Waals surface area contributed by atoms with Crippen molar-refractivity contribution in [3.05, 3.63) is 47.5 Å². The third-order valence-electron chi connectivity index (χ3n) is 3.61. The lowest BCUT2D eigenvalue weighted by molar-refractivity contribution is 0.112. The van der Waals surface area contributed by atoms with E-state index in [0.29, 0.717) is 17.4 Å². The van der Waals surface area contributed by atoms with Gasteiger partial charge in [-0.2, -0.15) is 0 Å². The van der Waals surface area contributed by atoms with E-state index in [-0.39, 0.29) is 17.1 Å². The highest BCUT2D eigenvalue weighted by molar-refractivity contribution is 5.87. The van der Waals surface area contributed by atoms with Crippen molar-refractivity contribution < 1.29 is 15.0 Å². The zero-order valence-electron chi connectivity index (χ0n) is 12.2. The third kappa shape index (κ3) is 3.43. The van der Waals surface area contributed by atoms with Gasteiger partial charge < -0.3 is 10.2 Å². The number of aromatic hydroxyl groups is 2. The molecular formula is C18H20O3. The van der Waals surface area contributed by atoms with Gasteiger partial charge in [-0.05, 0) is 36.6 Å².